The zero-order chi connectivity index (χ0) is 19.2. The Morgan fingerprint density at radius 2 is 1.61 bits per heavy atom. The number of amides is 1. The molecule has 1 aromatic heterocycles. The highest BCUT2D eigenvalue weighted by atomic mass is 16.5. The van der Waals surface area contributed by atoms with Gasteiger partial charge in [-0.25, -0.2) is 0 Å². The van der Waals surface area contributed by atoms with Crippen molar-refractivity contribution in [2.75, 3.05) is 13.1 Å². The van der Waals surface area contributed by atoms with Gasteiger partial charge in [-0.1, -0.05) is 18.2 Å². The molecule has 0 bridgehead atoms. The van der Waals surface area contributed by atoms with Gasteiger partial charge in [-0.15, -0.1) is 5.10 Å². The average Bonchev–Trinajstić information content (AvgIpc) is 2.76. The molecule has 0 aliphatic carbocycles. The predicted octanol–water partition coefficient (Wildman–Crippen LogP) is 3.95. The fourth-order valence-corrected chi connectivity index (χ4v) is 3.17. The van der Waals surface area contributed by atoms with E-state index in [0.717, 1.165) is 18.6 Å². The van der Waals surface area contributed by atoms with Crippen LogP contribution in [0.15, 0.2) is 72.9 Å². The van der Waals surface area contributed by atoms with Crippen LogP contribution in [0.5, 0.6) is 17.4 Å². The molecule has 0 radical (unpaired) electrons. The van der Waals surface area contributed by atoms with Crippen LogP contribution in [0.3, 0.4) is 0 Å². The number of piperidine rings is 1. The molecule has 1 fully saturated rings. The number of hydrogen-bond donors (Lipinski definition) is 0. The molecule has 2 heterocycles. The maximum Gasteiger partial charge on any atom is 0.253 e. The van der Waals surface area contributed by atoms with Gasteiger partial charge in [0.1, 0.15) is 17.6 Å². The number of nitrogens with zero attached hydrogens (tertiary/aromatic N) is 3. The smallest absolute Gasteiger partial charge is 0.253 e. The fourth-order valence-electron chi connectivity index (χ4n) is 3.17. The topological polar surface area (TPSA) is 64.5 Å². The van der Waals surface area contributed by atoms with Crippen molar-refractivity contribution in [3.63, 3.8) is 0 Å². The van der Waals surface area contributed by atoms with E-state index in [-0.39, 0.29) is 12.0 Å². The summed E-state index contributed by atoms with van der Waals surface area (Å²) >= 11 is 0. The minimum atomic E-state index is 0.0317. The summed E-state index contributed by atoms with van der Waals surface area (Å²) in [5.41, 5.74) is 0.661. The van der Waals surface area contributed by atoms with Gasteiger partial charge in [-0.05, 0) is 42.5 Å². The zero-order valence-corrected chi connectivity index (χ0v) is 15.4. The molecule has 0 atom stereocenters. The summed E-state index contributed by atoms with van der Waals surface area (Å²) in [7, 11) is 0. The summed E-state index contributed by atoms with van der Waals surface area (Å²) in [6, 6.07) is 20.4. The third-order valence-corrected chi connectivity index (χ3v) is 4.64. The lowest BCUT2D eigenvalue weighted by molar-refractivity contribution is 0.0586. The number of carbonyl (C=O) groups excluding carboxylic acids is 1. The Hall–Kier alpha value is -3.41. The van der Waals surface area contributed by atoms with Gasteiger partial charge < -0.3 is 14.4 Å². The molecule has 4 rings (SSSR count). The van der Waals surface area contributed by atoms with Crippen molar-refractivity contribution in [1.29, 1.82) is 0 Å². The molecule has 0 spiro atoms. The largest absolute Gasteiger partial charge is 0.473 e. The monoisotopic (exact) mass is 375 g/mol. The second kappa shape index (κ2) is 8.52. The second-order valence-corrected chi connectivity index (χ2v) is 6.61. The highest BCUT2D eigenvalue weighted by Gasteiger charge is 2.25. The van der Waals surface area contributed by atoms with E-state index in [2.05, 4.69) is 10.2 Å². The molecule has 0 unspecified atom stereocenters. The molecule has 3 aromatic rings. The Kier molecular flexibility index (Phi) is 5.47. The van der Waals surface area contributed by atoms with E-state index in [1.807, 2.05) is 59.5 Å². The van der Waals surface area contributed by atoms with Crippen LogP contribution >= 0.6 is 0 Å². The highest BCUT2D eigenvalue weighted by molar-refractivity contribution is 5.94. The van der Waals surface area contributed by atoms with Crippen molar-refractivity contribution in [3.8, 4) is 17.4 Å². The molecule has 2 aromatic carbocycles. The first-order valence-corrected chi connectivity index (χ1v) is 9.34. The maximum absolute atomic E-state index is 12.8. The first-order valence-electron chi connectivity index (χ1n) is 9.34. The van der Waals surface area contributed by atoms with E-state index in [1.165, 1.54) is 0 Å². The molecule has 142 valence electrons. The van der Waals surface area contributed by atoms with E-state index < -0.39 is 0 Å². The van der Waals surface area contributed by atoms with Gasteiger partial charge in [0.15, 0.2) is 0 Å². The maximum atomic E-state index is 12.8. The lowest BCUT2D eigenvalue weighted by atomic mass is 10.1. The summed E-state index contributed by atoms with van der Waals surface area (Å²) in [5, 5.41) is 7.76. The number of rotatable bonds is 5. The molecule has 6 heteroatoms. The zero-order valence-electron chi connectivity index (χ0n) is 15.4. The Morgan fingerprint density at radius 1 is 0.893 bits per heavy atom. The van der Waals surface area contributed by atoms with Gasteiger partial charge in [0.25, 0.3) is 5.91 Å². The van der Waals surface area contributed by atoms with Gasteiger partial charge in [-0.2, -0.15) is 5.10 Å². The third kappa shape index (κ3) is 4.46. The summed E-state index contributed by atoms with van der Waals surface area (Å²) in [6.07, 6.45) is 3.22. The normalized spacial score (nSPS) is 14.5. The van der Waals surface area contributed by atoms with Crippen molar-refractivity contribution in [3.05, 3.63) is 78.5 Å². The van der Waals surface area contributed by atoms with Crippen LogP contribution in [0.2, 0.25) is 0 Å². The second-order valence-electron chi connectivity index (χ2n) is 6.61. The minimum Gasteiger partial charge on any atom is -0.473 e. The van der Waals surface area contributed by atoms with Gasteiger partial charge in [0.05, 0.1) is 0 Å². The van der Waals surface area contributed by atoms with Crippen LogP contribution in [0.1, 0.15) is 23.2 Å². The number of likely N-dealkylation sites (tertiary alicyclic amines) is 1. The number of hydrogen-bond acceptors (Lipinski definition) is 5. The van der Waals surface area contributed by atoms with E-state index in [9.17, 15) is 4.79 Å². The lowest BCUT2D eigenvalue weighted by Crippen LogP contribution is -2.41. The molecule has 1 aliphatic heterocycles. The first kappa shape index (κ1) is 18.0. The van der Waals surface area contributed by atoms with Crippen molar-refractivity contribution in [2.24, 2.45) is 0 Å². The number of aromatic nitrogens is 2. The Labute approximate surface area is 163 Å². The van der Waals surface area contributed by atoms with Crippen molar-refractivity contribution < 1.29 is 14.3 Å². The Morgan fingerprint density at radius 3 is 2.29 bits per heavy atom. The third-order valence-electron chi connectivity index (χ3n) is 4.64. The van der Waals surface area contributed by atoms with Crippen molar-refractivity contribution in [1.82, 2.24) is 15.1 Å². The molecule has 28 heavy (non-hydrogen) atoms. The van der Waals surface area contributed by atoms with Crippen LogP contribution in [-0.4, -0.2) is 40.2 Å². The summed E-state index contributed by atoms with van der Waals surface area (Å²) in [5.74, 6) is 2.04. The van der Waals surface area contributed by atoms with Gasteiger partial charge in [0, 0.05) is 43.8 Å². The molecule has 6 nitrogen and oxygen atoms in total. The highest BCUT2D eigenvalue weighted by Crippen LogP contribution is 2.23. The van der Waals surface area contributed by atoms with E-state index >= 15 is 0 Å². The number of carbonyl (C=O) groups is 1. The molecule has 0 saturated carbocycles. The summed E-state index contributed by atoms with van der Waals surface area (Å²) in [4.78, 5) is 14.6. The molecular formula is C22H21N3O3. The van der Waals surface area contributed by atoms with Crippen LogP contribution in [0.25, 0.3) is 0 Å². The molecular weight excluding hydrogens is 354 g/mol. The summed E-state index contributed by atoms with van der Waals surface area (Å²) in [6.45, 7) is 1.32. The quantitative estimate of drug-likeness (QED) is 0.676. The van der Waals surface area contributed by atoms with E-state index in [4.69, 9.17) is 9.47 Å². The standard InChI is InChI=1S/C22H21N3O3/c26-22(17-8-10-19(11-9-17)27-18-5-2-1-3-6-18)25-15-12-20(13-16-25)28-21-7-4-14-23-24-21/h1-11,14,20H,12-13,15-16H2. The predicted molar refractivity (Wildman–Crippen MR) is 105 cm³/mol. The SMILES string of the molecule is O=C(c1ccc(Oc2ccccc2)cc1)N1CCC(Oc2cccnn2)CC1. The van der Waals surface area contributed by atoms with Gasteiger partial charge in [0.2, 0.25) is 5.88 Å². The lowest BCUT2D eigenvalue weighted by Gasteiger charge is -2.31. The van der Waals surface area contributed by atoms with Gasteiger partial charge >= 0.3 is 0 Å². The average molecular weight is 375 g/mol. The van der Waals surface area contributed by atoms with Gasteiger partial charge in [-0.3, -0.25) is 4.79 Å². The van der Waals surface area contributed by atoms with Crippen LogP contribution in [0.4, 0.5) is 0 Å². The molecule has 1 amide bonds. The Bertz CT molecular complexity index is 893. The van der Waals surface area contributed by atoms with Crippen molar-refractivity contribution >= 4 is 5.91 Å². The number of para-hydroxylation sites is 1. The van der Waals surface area contributed by atoms with Crippen LogP contribution in [0, 0.1) is 0 Å². The molecule has 0 N–H and O–H groups in total. The van der Waals surface area contributed by atoms with Crippen LogP contribution in [-0.2, 0) is 0 Å². The van der Waals surface area contributed by atoms with Crippen LogP contribution < -0.4 is 9.47 Å². The molecule has 1 aliphatic rings. The van der Waals surface area contributed by atoms with E-state index in [0.29, 0.717) is 30.3 Å². The van der Waals surface area contributed by atoms with E-state index in [1.54, 1.807) is 18.3 Å². The molecule has 1 saturated heterocycles. The first-order chi connectivity index (χ1) is 13.8. The van der Waals surface area contributed by atoms with Crippen molar-refractivity contribution in [2.45, 2.75) is 18.9 Å². The number of ether oxygens (including phenoxy) is 2. The minimum absolute atomic E-state index is 0.0317. The number of benzene rings is 2. The summed E-state index contributed by atoms with van der Waals surface area (Å²) < 4.78 is 11.6. The fraction of sp³-hybridized carbons (Fsp3) is 0.227. The Balaban J connectivity index is 1.31.